The predicted molar refractivity (Wildman–Crippen MR) is 86.7 cm³/mol. The van der Waals surface area contributed by atoms with Crippen molar-refractivity contribution in [2.75, 3.05) is 32.1 Å². The molecule has 0 unspecified atom stereocenters. The molecule has 2 heterocycles. The number of aromatic nitrogens is 2. The van der Waals surface area contributed by atoms with Crippen molar-refractivity contribution in [1.29, 1.82) is 0 Å². The van der Waals surface area contributed by atoms with Crippen LogP contribution in [-0.4, -0.2) is 47.9 Å². The van der Waals surface area contributed by atoms with E-state index >= 15 is 0 Å². The molecule has 2 aromatic rings. The van der Waals surface area contributed by atoms with Crippen LogP contribution in [0.5, 0.6) is 0 Å². The van der Waals surface area contributed by atoms with Crippen molar-refractivity contribution in [1.82, 2.24) is 14.7 Å². The standard InChI is InChI=1S/C17H24N4/c1-19-10-8-16(9-11-19)20(2)17-12-18-21(14-17)13-15-6-4-3-5-7-15/h3-7,12,14,16H,8-11,13H2,1-2H3. The minimum absolute atomic E-state index is 0.635. The van der Waals surface area contributed by atoms with Gasteiger partial charge in [-0.1, -0.05) is 30.3 Å². The molecule has 1 aliphatic rings. The summed E-state index contributed by atoms with van der Waals surface area (Å²) in [7, 11) is 4.40. The van der Waals surface area contributed by atoms with E-state index in [1.807, 2.05) is 16.9 Å². The molecule has 0 atom stereocenters. The Labute approximate surface area is 127 Å². The topological polar surface area (TPSA) is 24.3 Å². The number of nitrogens with zero attached hydrogens (tertiary/aromatic N) is 4. The second kappa shape index (κ2) is 6.31. The van der Waals surface area contributed by atoms with Gasteiger partial charge in [-0.25, -0.2) is 0 Å². The Hall–Kier alpha value is -1.81. The summed E-state index contributed by atoms with van der Waals surface area (Å²) in [5, 5.41) is 4.51. The van der Waals surface area contributed by atoms with Crippen LogP contribution in [0.4, 0.5) is 5.69 Å². The van der Waals surface area contributed by atoms with Crippen molar-refractivity contribution in [2.45, 2.75) is 25.4 Å². The monoisotopic (exact) mass is 284 g/mol. The maximum absolute atomic E-state index is 4.51. The molecule has 0 radical (unpaired) electrons. The van der Waals surface area contributed by atoms with Gasteiger partial charge in [-0.15, -0.1) is 0 Å². The lowest BCUT2D eigenvalue weighted by Crippen LogP contribution is -2.41. The first-order valence-corrected chi connectivity index (χ1v) is 7.70. The molecule has 0 spiro atoms. The average Bonchev–Trinajstić information content (AvgIpc) is 2.97. The molecule has 0 saturated carbocycles. The summed E-state index contributed by atoms with van der Waals surface area (Å²) in [5.41, 5.74) is 2.51. The molecule has 4 nitrogen and oxygen atoms in total. The highest BCUT2D eigenvalue weighted by Gasteiger charge is 2.21. The molecule has 0 N–H and O–H groups in total. The molecule has 1 aromatic heterocycles. The first kappa shape index (κ1) is 14.1. The second-order valence-corrected chi connectivity index (χ2v) is 6.03. The van der Waals surface area contributed by atoms with E-state index in [4.69, 9.17) is 0 Å². The van der Waals surface area contributed by atoms with Gasteiger partial charge < -0.3 is 9.80 Å². The van der Waals surface area contributed by atoms with Crippen LogP contribution in [0.3, 0.4) is 0 Å². The van der Waals surface area contributed by atoms with E-state index in [1.54, 1.807) is 0 Å². The van der Waals surface area contributed by atoms with Crippen molar-refractivity contribution in [3.05, 3.63) is 48.3 Å². The molecule has 112 valence electrons. The molecular formula is C17H24N4. The van der Waals surface area contributed by atoms with E-state index in [0.29, 0.717) is 6.04 Å². The molecule has 1 aromatic carbocycles. The summed E-state index contributed by atoms with van der Waals surface area (Å²) >= 11 is 0. The van der Waals surface area contributed by atoms with Gasteiger partial charge >= 0.3 is 0 Å². The normalized spacial score (nSPS) is 17.0. The van der Waals surface area contributed by atoms with Crippen molar-refractivity contribution in [3.8, 4) is 0 Å². The van der Waals surface area contributed by atoms with Crippen LogP contribution in [-0.2, 0) is 6.54 Å². The Morgan fingerprint density at radius 1 is 1.19 bits per heavy atom. The zero-order valence-corrected chi connectivity index (χ0v) is 12.9. The third-order valence-corrected chi connectivity index (χ3v) is 4.45. The van der Waals surface area contributed by atoms with E-state index in [2.05, 4.69) is 59.5 Å². The summed E-state index contributed by atoms with van der Waals surface area (Å²) in [5.74, 6) is 0. The summed E-state index contributed by atoms with van der Waals surface area (Å²) in [4.78, 5) is 4.80. The number of rotatable bonds is 4. The summed E-state index contributed by atoms with van der Waals surface area (Å²) in [6.07, 6.45) is 6.61. The number of hydrogen-bond acceptors (Lipinski definition) is 3. The van der Waals surface area contributed by atoms with E-state index in [9.17, 15) is 0 Å². The highest BCUT2D eigenvalue weighted by atomic mass is 15.3. The van der Waals surface area contributed by atoms with Crippen LogP contribution in [0.25, 0.3) is 0 Å². The fourth-order valence-corrected chi connectivity index (χ4v) is 2.98. The molecule has 0 bridgehead atoms. The van der Waals surface area contributed by atoms with Crippen LogP contribution in [0.2, 0.25) is 0 Å². The minimum Gasteiger partial charge on any atom is -0.369 e. The lowest BCUT2D eigenvalue weighted by atomic mass is 10.0. The van der Waals surface area contributed by atoms with Gasteiger partial charge in [0.1, 0.15) is 0 Å². The van der Waals surface area contributed by atoms with Gasteiger partial charge in [0.2, 0.25) is 0 Å². The molecular weight excluding hydrogens is 260 g/mol. The number of hydrogen-bond donors (Lipinski definition) is 0. The fourth-order valence-electron chi connectivity index (χ4n) is 2.98. The molecule has 4 heteroatoms. The molecule has 1 saturated heterocycles. The Bertz CT molecular complexity index is 555. The number of piperidine rings is 1. The minimum atomic E-state index is 0.635. The summed E-state index contributed by atoms with van der Waals surface area (Å²) in [6.45, 7) is 3.21. The Morgan fingerprint density at radius 2 is 1.90 bits per heavy atom. The lowest BCUT2D eigenvalue weighted by Gasteiger charge is -2.35. The highest BCUT2D eigenvalue weighted by Crippen LogP contribution is 2.21. The lowest BCUT2D eigenvalue weighted by molar-refractivity contribution is 0.253. The van der Waals surface area contributed by atoms with Gasteiger partial charge in [0.15, 0.2) is 0 Å². The van der Waals surface area contributed by atoms with Crippen LogP contribution in [0.15, 0.2) is 42.7 Å². The second-order valence-electron chi connectivity index (χ2n) is 6.03. The van der Waals surface area contributed by atoms with Gasteiger partial charge in [-0.3, -0.25) is 4.68 Å². The van der Waals surface area contributed by atoms with E-state index in [-0.39, 0.29) is 0 Å². The zero-order chi connectivity index (χ0) is 14.7. The third-order valence-electron chi connectivity index (χ3n) is 4.45. The van der Waals surface area contributed by atoms with Gasteiger partial charge in [-0.2, -0.15) is 5.10 Å². The summed E-state index contributed by atoms with van der Waals surface area (Å²) < 4.78 is 2.02. The Kier molecular flexibility index (Phi) is 4.25. The van der Waals surface area contributed by atoms with E-state index in [1.165, 1.54) is 37.2 Å². The van der Waals surface area contributed by atoms with Crippen LogP contribution < -0.4 is 4.90 Å². The highest BCUT2D eigenvalue weighted by molar-refractivity contribution is 5.42. The average molecular weight is 284 g/mol. The maximum Gasteiger partial charge on any atom is 0.0752 e. The first-order valence-electron chi connectivity index (χ1n) is 7.70. The van der Waals surface area contributed by atoms with Crippen LogP contribution in [0.1, 0.15) is 18.4 Å². The van der Waals surface area contributed by atoms with E-state index < -0.39 is 0 Å². The predicted octanol–water partition coefficient (Wildman–Crippen LogP) is 2.46. The molecule has 1 aliphatic heterocycles. The van der Waals surface area contributed by atoms with Crippen molar-refractivity contribution < 1.29 is 0 Å². The van der Waals surface area contributed by atoms with Gasteiger partial charge in [-0.05, 0) is 38.5 Å². The number of anilines is 1. The molecule has 0 amide bonds. The largest absolute Gasteiger partial charge is 0.369 e. The van der Waals surface area contributed by atoms with Crippen molar-refractivity contribution in [3.63, 3.8) is 0 Å². The first-order chi connectivity index (χ1) is 10.2. The molecule has 3 rings (SSSR count). The van der Waals surface area contributed by atoms with Crippen LogP contribution in [0, 0.1) is 0 Å². The molecule has 21 heavy (non-hydrogen) atoms. The van der Waals surface area contributed by atoms with Crippen molar-refractivity contribution >= 4 is 5.69 Å². The molecule has 1 fully saturated rings. The summed E-state index contributed by atoms with van der Waals surface area (Å²) in [6, 6.07) is 11.1. The van der Waals surface area contributed by atoms with Crippen molar-refractivity contribution in [2.24, 2.45) is 0 Å². The third kappa shape index (κ3) is 3.45. The Balaban J connectivity index is 1.64. The molecule has 0 aliphatic carbocycles. The van der Waals surface area contributed by atoms with E-state index in [0.717, 1.165) is 6.54 Å². The fraction of sp³-hybridized carbons (Fsp3) is 0.471. The maximum atomic E-state index is 4.51. The number of benzene rings is 1. The van der Waals surface area contributed by atoms with Gasteiger partial charge in [0, 0.05) is 19.3 Å². The Morgan fingerprint density at radius 3 is 2.62 bits per heavy atom. The number of likely N-dealkylation sites (tertiary alicyclic amines) is 1. The zero-order valence-electron chi connectivity index (χ0n) is 12.9. The van der Waals surface area contributed by atoms with Crippen LogP contribution >= 0.6 is 0 Å². The quantitative estimate of drug-likeness (QED) is 0.862. The smallest absolute Gasteiger partial charge is 0.0752 e. The van der Waals surface area contributed by atoms with Gasteiger partial charge in [0.25, 0.3) is 0 Å². The SMILES string of the molecule is CN1CCC(N(C)c2cnn(Cc3ccccc3)c2)CC1. The van der Waals surface area contributed by atoms with Gasteiger partial charge in [0.05, 0.1) is 18.4 Å².